The molecule has 2 unspecified atom stereocenters. The maximum atomic E-state index is 10.9. The van der Waals surface area contributed by atoms with Gasteiger partial charge in [0.15, 0.2) is 5.69 Å². The minimum absolute atomic E-state index is 0.0815. The zero-order chi connectivity index (χ0) is 12.7. The van der Waals surface area contributed by atoms with E-state index in [4.69, 9.17) is 5.11 Å². The number of aromatic nitrogens is 1. The molecule has 2 bridgehead atoms. The topological polar surface area (TPSA) is 73.7 Å². The number of carbonyl (C=O) groups is 1. The van der Waals surface area contributed by atoms with Crippen molar-refractivity contribution in [3.63, 3.8) is 0 Å². The van der Waals surface area contributed by atoms with Gasteiger partial charge in [0, 0.05) is 12.1 Å². The molecule has 18 heavy (non-hydrogen) atoms. The summed E-state index contributed by atoms with van der Waals surface area (Å²) in [7, 11) is 0. The second-order valence-corrected chi connectivity index (χ2v) is 5.10. The molecule has 3 rings (SSSR count). The summed E-state index contributed by atoms with van der Waals surface area (Å²) < 4.78 is 0. The largest absolute Gasteiger partial charge is 0.477 e. The fourth-order valence-electron chi connectivity index (χ4n) is 3.21. The van der Waals surface area contributed by atoms with Gasteiger partial charge in [-0.1, -0.05) is 6.07 Å². The van der Waals surface area contributed by atoms with E-state index < -0.39 is 5.97 Å². The van der Waals surface area contributed by atoms with E-state index in [2.05, 4.69) is 9.88 Å². The van der Waals surface area contributed by atoms with E-state index in [1.54, 1.807) is 6.07 Å². The number of aliphatic hydroxyl groups is 1. The zero-order valence-corrected chi connectivity index (χ0v) is 9.99. The molecular formula is C13H16N2O3. The van der Waals surface area contributed by atoms with Crippen LogP contribution in [-0.2, 0) is 0 Å². The van der Waals surface area contributed by atoms with Crippen molar-refractivity contribution < 1.29 is 15.0 Å². The molecule has 2 aliphatic rings. The normalized spacial score (nSPS) is 30.5. The number of aromatic carboxylic acids is 1. The van der Waals surface area contributed by atoms with Gasteiger partial charge in [-0.25, -0.2) is 9.78 Å². The molecule has 0 saturated carbocycles. The number of hydrogen-bond donors (Lipinski definition) is 2. The first-order valence-corrected chi connectivity index (χ1v) is 6.32. The Balaban J connectivity index is 1.91. The number of aliphatic hydroxyl groups excluding tert-OH is 1. The lowest BCUT2D eigenvalue weighted by Gasteiger charge is -2.38. The molecule has 0 spiro atoms. The summed E-state index contributed by atoms with van der Waals surface area (Å²) in [6, 6.07) is 5.70. The summed E-state index contributed by atoms with van der Waals surface area (Å²) in [6.45, 7) is 0. The van der Waals surface area contributed by atoms with Crippen LogP contribution in [0.4, 0.5) is 5.82 Å². The number of nitrogens with zero attached hydrogens (tertiary/aromatic N) is 2. The van der Waals surface area contributed by atoms with Gasteiger partial charge in [0.1, 0.15) is 5.82 Å². The van der Waals surface area contributed by atoms with Gasteiger partial charge >= 0.3 is 5.97 Å². The van der Waals surface area contributed by atoms with Crippen molar-refractivity contribution in [1.82, 2.24) is 4.98 Å². The van der Waals surface area contributed by atoms with Crippen molar-refractivity contribution in [3.8, 4) is 0 Å². The Kier molecular flexibility index (Phi) is 2.70. The molecule has 0 radical (unpaired) electrons. The molecule has 0 aromatic carbocycles. The van der Waals surface area contributed by atoms with Gasteiger partial charge in [0.05, 0.1) is 6.10 Å². The van der Waals surface area contributed by atoms with Crippen LogP contribution in [0.1, 0.15) is 36.2 Å². The van der Waals surface area contributed by atoms with Gasteiger partial charge in [-0.05, 0) is 37.8 Å². The van der Waals surface area contributed by atoms with Crippen LogP contribution in [0.15, 0.2) is 18.2 Å². The first kappa shape index (κ1) is 11.5. The average Bonchev–Trinajstić information content (AvgIpc) is 2.62. The third-order valence-electron chi connectivity index (χ3n) is 3.93. The zero-order valence-electron chi connectivity index (χ0n) is 9.99. The van der Waals surface area contributed by atoms with Gasteiger partial charge in [0.25, 0.3) is 0 Å². The molecule has 5 heteroatoms. The number of pyridine rings is 1. The van der Waals surface area contributed by atoms with E-state index in [0.717, 1.165) is 31.5 Å². The third-order valence-corrected chi connectivity index (χ3v) is 3.93. The van der Waals surface area contributed by atoms with Crippen LogP contribution in [0.2, 0.25) is 0 Å². The lowest BCUT2D eigenvalue weighted by Crippen LogP contribution is -2.45. The highest BCUT2D eigenvalue weighted by atomic mass is 16.4. The quantitative estimate of drug-likeness (QED) is 0.824. The summed E-state index contributed by atoms with van der Waals surface area (Å²) in [4.78, 5) is 17.3. The van der Waals surface area contributed by atoms with Crippen LogP contribution in [0.5, 0.6) is 0 Å². The number of rotatable bonds is 2. The van der Waals surface area contributed by atoms with Gasteiger partial charge in [0.2, 0.25) is 0 Å². The number of carboxylic acids is 1. The Morgan fingerprint density at radius 2 is 1.94 bits per heavy atom. The van der Waals surface area contributed by atoms with Gasteiger partial charge in [-0.2, -0.15) is 0 Å². The highest BCUT2D eigenvalue weighted by Gasteiger charge is 2.40. The summed E-state index contributed by atoms with van der Waals surface area (Å²) in [6.07, 6.45) is 3.41. The predicted molar refractivity (Wildman–Crippen MR) is 65.7 cm³/mol. The second kappa shape index (κ2) is 4.24. The molecule has 0 amide bonds. The monoisotopic (exact) mass is 248 g/mol. The molecule has 2 atom stereocenters. The second-order valence-electron chi connectivity index (χ2n) is 5.10. The van der Waals surface area contributed by atoms with Crippen LogP contribution in [-0.4, -0.2) is 39.4 Å². The first-order chi connectivity index (χ1) is 8.65. The van der Waals surface area contributed by atoms with E-state index in [1.807, 2.05) is 6.07 Å². The Bertz CT molecular complexity index is 463. The molecule has 5 nitrogen and oxygen atoms in total. The Labute approximate surface area is 105 Å². The van der Waals surface area contributed by atoms with Crippen molar-refractivity contribution >= 4 is 11.8 Å². The van der Waals surface area contributed by atoms with Crippen LogP contribution in [0, 0.1) is 0 Å². The maximum absolute atomic E-state index is 10.9. The molecule has 1 aromatic heterocycles. The number of anilines is 1. The van der Waals surface area contributed by atoms with Crippen LogP contribution in [0.3, 0.4) is 0 Å². The summed E-state index contributed by atoms with van der Waals surface area (Å²) in [5.74, 6) is -0.268. The smallest absolute Gasteiger partial charge is 0.354 e. The van der Waals surface area contributed by atoms with E-state index in [0.29, 0.717) is 12.1 Å². The Hall–Kier alpha value is -1.62. The van der Waals surface area contributed by atoms with Crippen LogP contribution >= 0.6 is 0 Å². The molecular weight excluding hydrogens is 232 g/mol. The minimum atomic E-state index is -0.999. The van der Waals surface area contributed by atoms with Gasteiger partial charge in [-0.3, -0.25) is 0 Å². The average molecular weight is 248 g/mol. The standard InChI is InChI=1S/C13H16N2O3/c16-10-6-8-4-5-9(7-10)15(8)12-3-1-2-11(14-12)13(17)18/h1-3,8-10,16H,4-7H2,(H,17,18). The van der Waals surface area contributed by atoms with Crippen LogP contribution in [0.25, 0.3) is 0 Å². The molecule has 0 aliphatic carbocycles. The Morgan fingerprint density at radius 1 is 1.28 bits per heavy atom. The molecule has 96 valence electrons. The highest BCUT2D eigenvalue weighted by molar-refractivity contribution is 5.85. The van der Waals surface area contributed by atoms with Crippen molar-refractivity contribution in [2.45, 2.75) is 43.9 Å². The highest BCUT2D eigenvalue weighted by Crippen LogP contribution is 2.38. The van der Waals surface area contributed by atoms with E-state index in [9.17, 15) is 9.90 Å². The first-order valence-electron chi connectivity index (χ1n) is 6.32. The van der Waals surface area contributed by atoms with Gasteiger partial charge in [-0.15, -0.1) is 0 Å². The third kappa shape index (κ3) is 1.84. The predicted octanol–water partition coefficient (Wildman–Crippen LogP) is 1.27. The molecule has 2 N–H and O–H groups in total. The number of fused-ring (bicyclic) bond motifs is 2. The molecule has 2 saturated heterocycles. The van der Waals surface area contributed by atoms with E-state index in [1.165, 1.54) is 6.07 Å². The van der Waals surface area contributed by atoms with E-state index in [-0.39, 0.29) is 11.8 Å². The molecule has 3 heterocycles. The lowest BCUT2D eigenvalue weighted by atomic mass is 10.00. The number of hydrogen-bond acceptors (Lipinski definition) is 4. The van der Waals surface area contributed by atoms with Crippen molar-refractivity contribution in [2.75, 3.05) is 4.90 Å². The number of piperidine rings is 1. The van der Waals surface area contributed by atoms with Crippen LogP contribution < -0.4 is 4.90 Å². The maximum Gasteiger partial charge on any atom is 0.354 e. The van der Waals surface area contributed by atoms with Gasteiger partial charge < -0.3 is 15.1 Å². The van der Waals surface area contributed by atoms with Crippen molar-refractivity contribution in [2.24, 2.45) is 0 Å². The molecule has 2 fully saturated rings. The summed E-state index contributed by atoms with van der Waals surface area (Å²) >= 11 is 0. The van der Waals surface area contributed by atoms with Crippen molar-refractivity contribution in [1.29, 1.82) is 0 Å². The Morgan fingerprint density at radius 3 is 2.56 bits per heavy atom. The number of carboxylic acid groups (broad SMARTS) is 1. The molecule has 2 aliphatic heterocycles. The van der Waals surface area contributed by atoms with E-state index >= 15 is 0 Å². The molecule has 1 aromatic rings. The summed E-state index contributed by atoms with van der Waals surface area (Å²) in [5, 5.41) is 18.7. The fraction of sp³-hybridized carbons (Fsp3) is 0.538. The SMILES string of the molecule is O=C(O)c1cccc(N2C3CCC2CC(O)C3)n1. The lowest BCUT2D eigenvalue weighted by molar-refractivity contribution is 0.0690. The van der Waals surface area contributed by atoms with Crippen molar-refractivity contribution in [3.05, 3.63) is 23.9 Å². The summed E-state index contributed by atoms with van der Waals surface area (Å²) in [5.41, 5.74) is 0.0815. The fourth-order valence-corrected chi connectivity index (χ4v) is 3.21. The minimum Gasteiger partial charge on any atom is -0.477 e.